The van der Waals surface area contributed by atoms with Gasteiger partial charge in [0.15, 0.2) is 0 Å². The third-order valence-corrected chi connectivity index (χ3v) is 1.48. The van der Waals surface area contributed by atoms with E-state index >= 15 is 0 Å². The van der Waals surface area contributed by atoms with Crippen molar-refractivity contribution in [2.24, 2.45) is 5.92 Å². The molecule has 0 N–H and O–H groups in total. The van der Waals surface area contributed by atoms with Gasteiger partial charge in [0.05, 0.1) is 0 Å². The molecule has 0 saturated carbocycles. The molecule has 0 heteroatoms. The van der Waals surface area contributed by atoms with Crippen LogP contribution in [-0.4, -0.2) is 0 Å². The van der Waals surface area contributed by atoms with Crippen LogP contribution in [-0.2, 0) is 0 Å². The Morgan fingerprint density at radius 1 is 1.50 bits per heavy atom. The molecule has 0 aliphatic rings. The molecule has 0 amide bonds. The largest absolute Gasteiger partial charge is 0.0991 e. The lowest BCUT2D eigenvalue weighted by Crippen LogP contribution is -1.89. The molecule has 0 rings (SSSR count). The van der Waals surface area contributed by atoms with Gasteiger partial charge in [-0.2, -0.15) is 0 Å². The smallest absolute Gasteiger partial charge is 0.0294 e. The summed E-state index contributed by atoms with van der Waals surface area (Å²) in [7, 11) is 0. The maximum absolute atomic E-state index is 3.68. The first kappa shape index (κ1) is 9.48. The predicted octanol–water partition coefficient (Wildman–Crippen LogP) is 3.55. The topological polar surface area (TPSA) is 0 Å². The first-order chi connectivity index (χ1) is 4.70. The molecule has 10 heavy (non-hydrogen) atoms. The van der Waals surface area contributed by atoms with Crippen LogP contribution in [0.25, 0.3) is 0 Å². The van der Waals surface area contributed by atoms with E-state index in [0.717, 1.165) is 12.3 Å². The molecule has 0 radical (unpaired) electrons. The molecule has 0 heterocycles. The van der Waals surface area contributed by atoms with Gasteiger partial charge >= 0.3 is 0 Å². The zero-order chi connectivity index (χ0) is 7.98. The first-order valence-electron chi connectivity index (χ1n) is 4.01. The molecular formula is C10H18. The number of hydrogen-bond acceptors (Lipinski definition) is 0. The van der Waals surface area contributed by atoms with Crippen molar-refractivity contribution < 1.29 is 0 Å². The van der Waals surface area contributed by atoms with Gasteiger partial charge in [-0.3, -0.25) is 0 Å². The molecule has 0 fully saturated rings. The number of hydrogen-bond donors (Lipinski definition) is 0. The van der Waals surface area contributed by atoms with Crippen molar-refractivity contribution in [2.75, 3.05) is 0 Å². The van der Waals surface area contributed by atoms with E-state index in [4.69, 9.17) is 0 Å². The van der Waals surface area contributed by atoms with Crippen LogP contribution < -0.4 is 0 Å². The van der Waals surface area contributed by atoms with Crippen LogP contribution >= 0.6 is 0 Å². The van der Waals surface area contributed by atoms with Crippen LogP contribution in [0.5, 0.6) is 0 Å². The van der Waals surface area contributed by atoms with Crippen molar-refractivity contribution in [3.63, 3.8) is 0 Å². The number of rotatable bonds is 4. The van der Waals surface area contributed by atoms with Crippen molar-refractivity contribution in [1.29, 1.82) is 0 Å². The van der Waals surface area contributed by atoms with Gasteiger partial charge in [0.1, 0.15) is 0 Å². The third kappa shape index (κ3) is 4.37. The lowest BCUT2D eigenvalue weighted by atomic mass is 10.0. The molecule has 0 aliphatic heterocycles. The van der Waals surface area contributed by atoms with E-state index in [1.54, 1.807) is 0 Å². The fourth-order valence-corrected chi connectivity index (χ4v) is 1.02. The molecule has 0 spiro atoms. The highest BCUT2D eigenvalue weighted by Gasteiger charge is 1.96. The Hall–Kier alpha value is -0.520. The summed E-state index contributed by atoms with van der Waals surface area (Å²) in [6.45, 7) is 10.4. The molecule has 0 aliphatic carbocycles. The van der Waals surface area contributed by atoms with Crippen LogP contribution in [0, 0.1) is 5.92 Å². The summed E-state index contributed by atoms with van der Waals surface area (Å²) in [6.07, 6.45) is 6.37. The molecule has 0 unspecified atom stereocenters. The first-order valence-corrected chi connectivity index (χ1v) is 4.01. The fraction of sp³-hybridized carbons (Fsp3) is 0.600. The van der Waals surface area contributed by atoms with Crippen LogP contribution in [0.2, 0.25) is 0 Å². The van der Waals surface area contributed by atoms with E-state index in [-0.39, 0.29) is 0 Å². The molecule has 0 bridgehead atoms. The van der Waals surface area contributed by atoms with E-state index in [1.165, 1.54) is 12.0 Å². The van der Waals surface area contributed by atoms with Crippen molar-refractivity contribution in [2.45, 2.75) is 33.6 Å². The minimum atomic E-state index is 0.770. The molecule has 0 aromatic carbocycles. The van der Waals surface area contributed by atoms with Gasteiger partial charge in [0.2, 0.25) is 0 Å². The van der Waals surface area contributed by atoms with Crippen LogP contribution in [0.3, 0.4) is 0 Å². The quantitative estimate of drug-likeness (QED) is 0.521. The molecule has 58 valence electrons. The van der Waals surface area contributed by atoms with Crippen molar-refractivity contribution >= 4 is 0 Å². The third-order valence-electron chi connectivity index (χ3n) is 1.48. The van der Waals surface area contributed by atoms with Gasteiger partial charge < -0.3 is 0 Å². The second kappa shape index (κ2) is 5.28. The molecule has 0 atom stereocenters. The standard InChI is InChI=1S/C10H18/c1-5-7-10(6-2)8-9(3)4/h5,7,9H,1,6,8H2,2-4H3. The van der Waals surface area contributed by atoms with E-state index in [9.17, 15) is 0 Å². The van der Waals surface area contributed by atoms with Crippen LogP contribution in [0.15, 0.2) is 24.3 Å². The van der Waals surface area contributed by atoms with E-state index in [1.807, 2.05) is 6.08 Å². The summed E-state index contributed by atoms with van der Waals surface area (Å²) in [4.78, 5) is 0. The monoisotopic (exact) mass is 138 g/mol. The maximum Gasteiger partial charge on any atom is -0.0294 e. The summed E-state index contributed by atoms with van der Waals surface area (Å²) in [5.41, 5.74) is 1.50. The Morgan fingerprint density at radius 3 is 2.40 bits per heavy atom. The highest BCUT2D eigenvalue weighted by atomic mass is 14.0. The Kier molecular flexibility index (Phi) is 5.00. The van der Waals surface area contributed by atoms with Crippen molar-refractivity contribution in [3.05, 3.63) is 24.3 Å². The van der Waals surface area contributed by atoms with Gasteiger partial charge in [-0.05, 0) is 18.8 Å². The molecule has 0 aromatic heterocycles. The average Bonchev–Trinajstić information content (AvgIpc) is 1.86. The summed E-state index contributed by atoms with van der Waals surface area (Å²) < 4.78 is 0. The summed E-state index contributed by atoms with van der Waals surface area (Å²) in [5, 5.41) is 0. The Balaban J connectivity index is 3.82. The van der Waals surface area contributed by atoms with E-state index in [0.29, 0.717) is 0 Å². The highest BCUT2D eigenvalue weighted by molar-refractivity contribution is 5.09. The second-order valence-corrected chi connectivity index (χ2v) is 3.01. The maximum atomic E-state index is 3.68. The zero-order valence-corrected chi connectivity index (χ0v) is 7.35. The molecule has 0 nitrogen and oxygen atoms in total. The Morgan fingerprint density at radius 2 is 2.10 bits per heavy atom. The van der Waals surface area contributed by atoms with Gasteiger partial charge in [0.25, 0.3) is 0 Å². The van der Waals surface area contributed by atoms with Gasteiger partial charge in [-0.25, -0.2) is 0 Å². The van der Waals surface area contributed by atoms with Crippen LogP contribution in [0.1, 0.15) is 33.6 Å². The zero-order valence-electron chi connectivity index (χ0n) is 7.35. The summed E-state index contributed by atoms with van der Waals surface area (Å²) in [5.74, 6) is 0.770. The van der Waals surface area contributed by atoms with Gasteiger partial charge in [-0.1, -0.05) is 45.1 Å². The highest BCUT2D eigenvalue weighted by Crippen LogP contribution is 2.13. The SMILES string of the molecule is C=CC=C(CC)CC(C)C. The predicted molar refractivity (Wildman–Crippen MR) is 48.0 cm³/mol. The minimum Gasteiger partial charge on any atom is -0.0991 e. The fourth-order valence-electron chi connectivity index (χ4n) is 1.02. The lowest BCUT2D eigenvalue weighted by Gasteiger charge is -2.05. The summed E-state index contributed by atoms with van der Waals surface area (Å²) in [6, 6.07) is 0. The number of allylic oxidation sites excluding steroid dienone is 3. The molecule has 0 saturated heterocycles. The minimum absolute atomic E-state index is 0.770. The molecular weight excluding hydrogens is 120 g/mol. The normalized spacial score (nSPS) is 12.2. The van der Waals surface area contributed by atoms with Crippen molar-refractivity contribution in [1.82, 2.24) is 0 Å². The van der Waals surface area contributed by atoms with Crippen molar-refractivity contribution in [3.8, 4) is 0 Å². The van der Waals surface area contributed by atoms with Gasteiger partial charge in [-0.15, -0.1) is 0 Å². The van der Waals surface area contributed by atoms with E-state index < -0.39 is 0 Å². The molecule has 0 aromatic rings. The second-order valence-electron chi connectivity index (χ2n) is 3.01. The Labute approximate surface area is 64.6 Å². The lowest BCUT2D eigenvalue weighted by molar-refractivity contribution is 0.630. The summed E-state index contributed by atoms with van der Waals surface area (Å²) >= 11 is 0. The van der Waals surface area contributed by atoms with Gasteiger partial charge in [0, 0.05) is 0 Å². The van der Waals surface area contributed by atoms with E-state index in [2.05, 4.69) is 33.4 Å². The average molecular weight is 138 g/mol. The van der Waals surface area contributed by atoms with Crippen LogP contribution in [0.4, 0.5) is 0 Å². The Bertz CT molecular complexity index is 118.